The van der Waals surface area contributed by atoms with E-state index in [0.29, 0.717) is 6.54 Å². The molecule has 2 nitrogen and oxygen atoms in total. The van der Waals surface area contributed by atoms with Crippen LogP contribution in [-0.2, 0) is 0 Å². The summed E-state index contributed by atoms with van der Waals surface area (Å²) < 4.78 is 1.13. The molecule has 0 atom stereocenters. The van der Waals surface area contributed by atoms with Crippen molar-refractivity contribution in [2.75, 3.05) is 11.9 Å². The first-order chi connectivity index (χ1) is 8.65. The molecule has 1 aliphatic rings. The van der Waals surface area contributed by atoms with Gasteiger partial charge in [-0.2, -0.15) is 0 Å². The predicted octanol–water partition coefficient (Wildman–Crippen LogP) is 4.22. The second-order valence-electron chi connectivity index (χ2n) is 5.51. The molecule has 18 heavy (non-hydrogen) atoms. The lowest BCUT2D eigenvalue weighted by molar-refractivity contribution is 0.417. The van der Waals surface area contributed by atoms with Crippen molar-refractivity contribution in [1.82, 2.24) is 0 Å². The van der Waals surface area contributed by atoms with Crippen molar-refractivity contribution in [2.45, 2.75) is 51.0 Å². The van der Waals surface area contributed by atoms with Crippen LogP contribution in [0.3, 0.4) is 0 Å². The molecule has 0 saturated heterocycles. The van der Waals surface area contributed by atoms with Crippen molar-refractivity contribution < 1.29 is 0 Å². The second kappa shape index (κ2) is 6.07. The summed E-state index contributed by atoms with van der Waals surface area (Å²) in [4.78, 5) is 0. The zero-order valence-electron chi connectivity index (χ0n) is 11.1. The average molecular weight is 311 g/mol. The molecule has 100 valence electrons. The van der Waals surface area contributed by atoms with E-state index in [1.165, 1.54) is 49.8 Å². The van der Waals surface area contributed by atoms with E-state index in [1.54, 1.807) is 0 Å². The Morgan fingerprint density at radius 2 is 1.89 bits per heavy atom. The van der Waals surface area contributed by atoms with Gasteiger partial charge in [0.2, 0.25) is 0 Å². The highest BCUT2D eigenvalue weighted by Gasteiger charge is 2.29. The van der Waals surface area contributed by atoms with Crippen molar-refractivity contribution in [3.8, 4) is 0 Å². The van der Waals surface area contributed by atoms with Crippen molar-refractivity contribution in [1.29, 1.82) is 0 Å². The second-order valence-corrected chi connectivity index (χ2v) is 6.36. The molecule has 0 heterocycles. The normalized spacial score (nSPS) is 19.3. The third kappa shape index (κ3) is 3.27. The Hall–Kier alpha value is -0.540. The number of nitrogens with two attached hydrogens (primary N) is 1. The van der Waals surface area contributed by atoms with E-state index >= 15 is 0 Å². The zero-order valence-corrected chi connectivity index (χ0v) is 12.7. The number of nitrogens with one attached hydrogen (secondary N) is 1. The van der Waals surface area contributed by atoms with Gasteiger partial charge in [0.05, 0.1) is 0 Å². The molecular formula is C15H23BrN2. The average Bonchev–Trinajstić information content (AvgIpc) is 2.60. The third-order valence-corrected chi connectivity index (χ3v) is 4.66. The molecule has 0 radical (unpaired) electrons. The molecule has 0 aliphatic heterocycles. The fourth-order valence-electron chi connectivity index (χ4n) is 2.81. The maximum atomic E-state index is 6.07. The van der Waals surface area contributed by atoms with Crippen molar-refractivity contribution in [3.05, 3.63) is 28.2 Å². The smallest absolute Gasteiger partial charge is 0.0496 e. The van der Waals surface area contributed by atoms with Crippen molar-refractivity contribution >= 4 is 21.6 Å². The number of hydrogen-bond donors (Lipinski definition) is 2. The van der Waals surface area contributed by atoms with Gasteiger partial charge in [-0.05, 0) is 53.4 Å². The fraction of sp³-hybridized carbons (Fsp3) is 0.600. The molecule has 0 amide bonds. The zero-order chi connectivity index (χ0) is 13.0. The minimum atomic E-state index is 0.0901. The van der Waals surface area contributed by atoms with E-state index in [2.05, 4.69) is 46.4 Å². The van der Waals surface area contributed by atoms with Crippen LogP contribution in [0, 0.1) is 6.92 Å². The van der Waals surface area contributed by atoms with Crippen LogP contribution in [0.25, 0.3) is 0 Å². The van der Waals surface area contributed by atoms with E-state index in [-0.39, 0.29) is 5.54 Å². The molecule has 1 aliphatic carbocycles. The van der Waals surface area contributed by atoms with Gasteiger partial charge in [0.15, 0.2) is 0 Å². The van der Waals surface area contributed by atoms with Crippen LogP contribution >= 0.6 is 15.9 Å². The van der Waals surface area contributed by atoms with Gasteiger partial charge in [0, 0.05) is 22.2 Å². The minimum Gasteiger partial charge on any atom is -0.377 e. The van der Waals surface area contributed by atoms with Crippen LogP contribution < -0.4 is 11.1 Å². The van der Waals surface area contributed by atoms with Gasteiger partial charge in [-0.3, -0.25) is 0 Å². The van der Waals surface area contributed by atoms with Crippen LogP contribution in [0.5, 0.6) is 0 Å². The highest BCUT2D eigenvalue weighted by atomic mass is 79.9. The first-order valence-corrected chi connectivity index (χ1v) is 7.69. The summed E-state index contributed by atoms with van der Waals surface area (Å²) in [5, 5.41) is 3.72. The van der Waals surface area contributed by atoms with Gasteiger partial charge < -0.3 is 11.1 Å². The Morgan fingerprint density at radius 3 is 2.50 bits per heavy atom. The maximum Gasteiger partial charge on any atom is 0.0496 e. The van der Waals surface area contributed by atoms with Crippen LogP contribution in [0.2, 0.25) is 0 Å². The van der Waals surface area contributed by atoms with Gasteiger partial charge in [0.25, 0.3) is 0 Å². The van der Waals surface area contributed by atoms with Crippen LogP contribution in [0.4, 0.5) is 5.69 Å². The summed E-state index contributed by atoms with van der Waals surface area (Å²) in [5.41, 5.74) is 8.62. The fourth-order valence-corrected chi connectivity index (χ4v) is 3.15. The summed E-state index contributed by atoms with van der Waals surface area (Å²) in [6.45, 7) is 2.84. The first-order valence-electron chi connectivity index (χ1n) is 6.90. The molecule has 0 spiro atoms. The first kappa shape index (κ1) is 13.9. The molecule has 0 bridgehead atoms. The Labute approximate surface area is 118 Å². The summed E-state index contributed by atoms with van der Waals surface area (Å²) >= 11 is 3.63. The largest absolute Gasteiger partial charge is 0.377 e. The Balaban J connectivity index is 2.20. The highest BCUT2D eigenvalue weighted by Crippen LogP contribution is 2.33. The lowest BCUT2D eigenvalue weighted by Gasteiger charge is -2.34. The Bertz CT molecular complexity index is 395. The van der Waals surface area contributed by atoms with Crippen LogP contribution in [-0.4, -0.2) is 12.1 Å². The topological polar surface area (TPSA) is 38.0 Å². The molecule has 3 N–H and O–H groups in total. The van der Waals surface area contributed by atoms with E-state index < -0.39 is 0 Å². The quantitative estimate of drug-likeness (QED) is 0.820. The molecule has 2 rings (SSSR count). The number of rotatable bonds is 3. The monoisotopic (exact) mass is 310 g/mol. The van der Waals surface area contributed by atoms with Gasteiger partial charge in [-0.25, -0.2) is 0 Å². The SMILES string of the molecule is Cc1ccc(Br)c(NC2(CN)CCCCCC2)c1. The lowest BCUT2D eigenvalue weighted by atomic mass is 9.90. The lowest BCUT2D eigenvalue weighted by Crippen LogP contribution is -2.45. The van der Waals surface area contributed by atoms with Gasteiger partial charge in [-0.1, -0.05) is 31.7 Å². The minimum absolute atomic E-state index is 0.0901. The summed E-state index contributed by atoms with van der Waals surface area (Å²) in [7, 11) is 0. The Kier molecular flexibility index (Phi) is 4.68. The Morgan fingerprint density at radius 1 is 1.22 bits per heavy atom. The molecule has 1 aromatic carbocycles. The number of halogens is 1. The standard InChI is InChI=1S/C15H23BrN2/c1-12-6-7-13(16)14(10-12)18-15(11-17)8-4-2-3-5-9-15/h6-7,10,18H,2-5,8-9,11,17H2,1H3. The van der Waals surface area contributed by atoms with Crippen LogP contribution in [0.1, 0.15) is 44.1 Å². The number of aryl methyl sites for hydroxylation is 1. The molecule has 0 aromatic heterocycles. The van der Waals surface area contributed by atoms with Crippen molar-refractivity contribution in [2.24, 2.45) is 5.73 Å². The molecule has 3 heteroatoms. The third-order valence-electron chi connectivity index (χ3n) is 3.97. The molecule has 1 fully saturated rings. The van der Waals surface area contributed by atoms with Gasteiger partial charge >= 0.3 is 0 Å². The predicted molar refractivity (Wildman–Crippen MR) is 82.0 cm³/mol. The van der Waals surface area contributed by atoms with Gasteiger partial charge in [0.1, 0.15) is 0 Å². The summed E-state index contributed by atoms with van der Waals surface area (Å²) in [6, 6.07) is 6.43. The number of benzene rings is 1. The molecule has 0 unspecified atom stereocenters. The number of anilines is 1. The molecule has 1 saturated carbocycles. The van der Waals surface area contributed by atoms with Gasteiger partial charge in [-0.15, -0.1) is 0 Å². The molecular weight excluding hydrogens is 288 g/mol. The summed E-state index contributed by atoms with van der Waals surface area (Å²) in [5.74, 6) is 0. The van der Waals surface area contributed by atoms with Crippen molar-refractivity contribution in [3.63, 3.8) is 0 Å². The van der Waals surface area contributed by atoms with Crippen LogP contribution in [0.15, 0.2) is 22.7 Å². The highest BCUT2D eigenvalue weighted by molar-refractivity contribution is 9.10. The van der Waals surface area contributed by atoms with E-state index in [1.807, 2.05) is 0 Å². The maximum absolute atomic E-state index is 6.07. The van der Waals surface area contributed by atoms with E-state index in [0.717, 1.165) is 4.47 Å². The summed E-state index contributed by atoms with van der Waals surface area (Å²) in [6.07, 6.45) is 7.63. The number of hydrogen-bond acceptors (Lipinski definition) is 2. The van der Waals surface area contributed by atoms with E-state index in [9.17, 15) is 0 Å². The van der Waals surface area contributed by atoms with E-state index in [4.69, 9.17) is 5.73 Å². The molecule has 1 aromatic rings.